The Morgan fingerprint density at radius 2 is 2.08 bits per heavy atom. The molecule has 1 saturated carbocycles. The molecule has 1 aromatic rings. The van der Waals surface area contributed by atoms with Crippen LogP contribution in [-0.2, 0) is 6.42 Å². The van der Waals surface area contributed by atoms with Crippen LogP contribution >= 0.6 is 0 Å². The highest BCUT2D eigenvalue weighted by Crippen LogP contribution is 2.38. The predicted molar refractivity (Wildman–Crippen MR) is 46.0 cm³/mol. The fraction of sp³-hybridized carbons (Fsp3) is 0.400. The maximum Gasteiger partial charge on any atom is 0.115 e. The Kier molecular flexibility index (Phi) is 1.58. The molecule has 0 spiro atoms. The summed E-state index contributed by atoms with van der Waals surface area (Å²) in [6.07, 6.45) is 2.45. The van der Waals surface area contributed by atoms with Crippen molar-refractivity contribution >= 4 is 0 Å². The van der Waals surface area contributed by atoms with Crippen LogP contribution in [0.4, 0.5) is 0 Å². The lowest BCUT2D eigenvalue weighted by Gasteiger charge is -2.06. The summed E-state index contributed by atoms with van der Waals surface area (Å²) in [4.78, 5) is 0. The minimum Gasteiger partial charge on any atom is -0.508 e. The fourth-order valence-electron chi connectivity index (χ4n) is 1.37. The van der Waals surface area contributed by atoms with E-state index in [4.69, 9.17) is 5.11 Å². The first-order valence-corrected chi connectivity index (χ1v) is 4.18. The molecule has 0 radical (unpaired) electrons. The van der Waals surface area contributed by atoms with Gasteiger partial charge in [0.2, 0.25) is 0 Å². The third-order valence-corrected chi connectivity index (χ3v) is 2.27. The van der Waals surface area contributed by atoms with Crippen LogP contribution in [0, 0.1) is 0 Å². The van der Waals surface area contributed by atoms with Gasteiger partial charge in [-0.05, 0) is 30.5 Å². The van der Waals surface area contributed by atoms with Gasteiger partial charge in [0.05, 0.1) is 5.60 Å². The Balaban J connectivity index is 2.12. The molecule has 1 aliphatic rings. The van der Waals surface area contributed by atoms with Gasteiger partial charge in [0.25, 0.3) is 0 Å². The molecule has 2 nitrogen and oxygen atoms in total. The summed E-state index contributed by atoms with van der Waals surface area (Å²) in [6, 6.07) is 7.07. The quantitative estimate of drug-likeness (QED) is 0.694. The predicted octanol–water partition coefficient (Wildman–Crippen LogP) is 1.46. The van der Waals surface area contributed by atoms with Crippen molar-refractivity contribution in [2.75, 3.05) is 0 Å². The van der Waals surface area contributed by atoms with E-state index in [1.54, 1.807) is 18.2 Å². The molecule has 0 saturated heterocycles. The number of phenols is 1. The SMILES string of the molecule is Oc1cccc(CC2(O)CC2)c1. The molecule has 1 fully saturated rings. The Labute approximate surface area is 71.5 Å². The second-order valence-electron chi connectivity index (χ2n) is 3.57. The maximum atomic E-state index is 9.59. The molecular formula is C10H12O2. The van der Waals surface area contributed by atoms with E-state index >= 15 is 0 Å². The van der Waals surface area contributed by atoms with Crippen LogP contribution in [0.15, 0.2) is 24.3 Å². The molecule has 1 aliphatic carbocycles. The Morgan fingerprint density at radius 3 is 2.67 bits per heavy atom. The van der Waals surface area contributed by atoms with Gasteiger partial charge in [0, 0.05) is 6.42 Å². The number of benzene rings is 1. The van der Waals surface area contributed by atoms with Gasteiger partial charge in [-0.25, -0.2) is 0 Å². The summed E-state index contributed by atoms with van der Waals surface area (Å²) in [5, 5.41) is 18.7. The van der Waals surface area contributed by atoms with Crippen molar-refractivity contribution in [3.63, 3.8) is 0 Å². The lowest BCUT2D eigenvalue weighted by Crippen LogP contribution is -2.10. The molecule has 0 aliphatic heterocycles. The molecule has 64 valence electrons. The van der Waals surface area contributed by atoms with Crippen LogP contribution in [0.2, 0.25) is 0 Å². The van der Waals surface area contributed by atoms with Crippen LogP contribution in [0.1, 0.15) is 18.4 Å². The molecule has 0 unspecified atom stereocenters. The van der Waals surface area contributed by atoms with E-state index in [0.29, 0.717) is 6.42 Å². The highest BCUT2D eigenvalue weighted by Gasteiger charge is 2.39. The number of rotatable bonds is 2. The van der Waals surface area contributed by atoms with Gasteiger partial charge in [-0.3, -0.25) is 0 Å². The molecule has 12 heavy (non-hydrogen) atoms. The van der Waals surface area contributed by atoms with Gasteiger partial charge in [0.15, 0.2) is 0 Å². The summed E-state index contributed by atoms with van der Waals surface area (Å²) in [6.45, 7) is 0. The van der Waals surface area contributed by atoms with Gasteiger partial charge >= 0.3 is 0 Å². The monoisotopic (exact) mass is 164 g/mol. The van der Waals surface area contributed by atoms with Crippen molar-refractivity contribution in [1.82, 2.24) is 0 Å². The second kappa shape index (κ2) is 2.49. The van der Waals surface area contributed by atoms with E-state index < -0.39 is 5.60 Å². The Hall–Kier alpha value is -1.02. The Morgan fingerprint density at radius 1 is 1.33 bits per heavy atom. The van der Waals surface area contributed by atoms with Crippen LogP contribution in [0.25, 0.3) is 0 Å². The van der Waals surface area contributed by atoms with E-state index in [9.17, 15) is 5.11 Å². The molecule has 0 atom stereocenters. The molecule has 2 heteroatoms. The highest BCUT2D eigenvalue weighted by molar-refractivity contribution is 5.29. The lowest BCUT2D eigenvalue weighted by molar-refractivity contribution is 0.151. The number of phenolic OH excluding ortho intramolecular Hbond substituents is 1. The summed E-state index contributed by atoms with van der Waals surface area (Å²) >= 11 is 0. The van der Waals surface area contributed by atoms with Gasteiger partial charge in [-0.1, -0.05) is 12.1 Å². The maximum absolute atomic E-state index is 9.59. The van der Waals surface area contributed by atoms with E-state index in [-0.39, 0.29) is 5.75 Å². The van der Waals surface area contributed by atoms with Crippen molar-refractivity contribution in [2.45, 2.75) is 24.9 Å². The average Bonchev–Trinajstić information content (AvgIpc) is 2.67. The zero-order valence-electron chi connectivity index (χ0n) is 6.83. The number of aliphatic hydroxyl groups is 1. The summed E-state index contributed by atoms with van der Waals surface area (Å²) in [7, 11) is 0. The lowest BCUT2D eigenvalue weighted by atomic mass is 10.1. The third-order valence-electron chi connectivity index (χ3n) is 2.27. The van der Waals surface area contributed by atoms with Crippen LogP contribution in [0.5, 0.6) is 5.75 Å². The summed E-state index contributed by atoms with van der Waals surface area (Å²) in [5.74, 6) is 0.275. The topological polar surface area (TPSA) is 40.5 Å². The smallest absolute Gasteiger partial charge is 0.115 e. The second-order valence-corrected chi connectivity index (χ2v) is 3.57. The molecule has 0 aromatic heterocycles. The average molecular weight is 164 g/mol. The standard InChI is InChI=1S/C10H12O2/c11-9-3-1-2-8(6-9)7-10(12)4-5-10/h1-3,6,11-12H,4-5,7H2. The number of hydrogen-bond acceptors (Lipinski definition) is 2. The zero-order valence-corrected chi connectivity index (χ0v) is 6.83. The number of aromatic hydroxyl groups is 1. The van der Waals surface area contributed by atoms with E-state index in [1.807, 2.05) is 6.07 Å². The van der Waals surface area contributed by atoms with Gasteiger partial charge in [-0.15, -0.1) is 0 Å². The molecule has 0 amide bonds. The van der Waals surface area contributed by atoms with Crippen LogP contribution < -0.4 is 0 Å². The normalized spacial score (nSPS) is 19.1. The number of hydrogen-bond donors (Lipinski definition) is 2. The largest absolute Gasteiger partial charge is 0.508 e. The van der Waals surface area contributed by atoms with E-state index in [2.05, 4.69) is 0 Å². The van der Waals surface area contributed by atoms with Gasteiger partial charge < -0.3 is 10.2 Å². The van der Waals surface area contributed by atoms with Crippen molar-refractivity contribution in [2.24, 2.45) is 0 Å². The third kappa shape index (κ3) is 1.59. The van der Waals surface area contributed by atoms with Crippen LogP contribution in [0.3, 0.4) is 0 Å². The molecule has 1 aromatic carbocycles. The molecule has 0 heterocycles. The van der Waals surface area contributed by atoms with Crippen molar-refractivity contribution < 1.29 is 10.2 Å². The van der Waals surface area contributed by atoms with Gasteiger partial charge in [0.1, 0.15) is 5.75 Å². The van der Waals surface area contributed by atoms with Crippen LogP contribution in [-0.4, -0.2) is 15.8 Å². The molecule has 2 N–H and O–H groups in total. The summed E-state index contributed by atoms with van der Waals surface area (Å²) < 4.78 is 0. The highest BCUT2D eigenvalue weighted by atomic mass is 16.3. The first kappa shape index (κ1) is 7.62. The van der Waals surface area contributed by atoms with E-state index in [0.717, 1.165) is 18.4 Å². The minimum atomic E-state index is -0.464. The first-order chi connectivity index (χ1) is 5.68. The van der Waals surface area contributed by atoms with Crippen molar-refractivity contribution in [1.29, 1.82) is 0 Å². The Bertz CT molecular complexity index is 290. The molecule has 2 rings (SSSR count). The minimum absolute atomic E-state index is 0.275. The first-order valence-electron chi connectivity index (χ1n) is 4.18. The molecular weight excluding hydrogens is 152 g/mol. The zero-order chi connectivity index (χ0) is 8.60. The van der Waals surface area contributed by atoms with Crippen molar-refractivity contribution in [3.8, 4) is 5.75 Å². The van der Waals surface area contributed by atoms with Crippen molar-refractivity contribution in [3.05, 3.63) is 29.8 Å². The fourth-order valence-corrected chi connectivity index (χ4v) is 1.37. The molecule has 0 bridgehead atoms. The summed E-state index contributed by atoms with van der Waals surface area (Å²) in [5.41, 5.74) is 0.545. The van der Waals surface area contributed by atoms with Gasteiger partial charge in [-0.2, -0.15) is 0 Å². The van der Waals surface area contributed by atoms with E-state index in [1.165, 1.54) is 0 Å².